The second kappa shape index (κ2) is 25.5. The highest BCUT2D eigenvalue weighted by atomic mass is 31.2. The molecule has 2 unspecified atom stereocenters. The summed E-state index contributed by atoms with van der Waals surface area (Å²) >= 11 is 0. The molecule has 0 aromatic heterocycles. The summed E-state index contributed by atoms with van der Waals surface area (Å²) in [5.41, 5.74) is 2.23. The molecule has 2 heterocycles. The van der Waals surface area contributed by atoms with Gasteiger partial charge in [-0.25, -0.2) is 35.1 Å². The summed E-state index contributed by atoms with van der Waals surface area (Å²) in [6, 6.07) is 50.1. The van der Waals surface area contributed by atoms with Crippen LogP contribution in [-0.2, 0) is 0 Å². The van der Waals surface area contributed by atoms with E-state index >= 15 is 35.1 Å². The number of hydrogen-bond acceptors (Lipinski definition) is 2. The maximum absolute atomic E-state index is 18.7. The van der Waals surface area contributed by atoms with E-state index in [1.54, 1.807) is 0 Å². The predicted molar refractivity (Wildman–Crippen MR) is 309 cm³/mol. The Morgan fingerprint density at radius 3 is 1.23 bits per heavy atom. The summed E-state index contributed by atoms with van der Waals surface area (Å²) in [5.74, 6) is -8.00. The predicted octanol–water partition coefficient (Wildman–Crippen LogP) is 18.7. The van der Waals surface area contributed by atoms with Crippen LogP contribution < -0.4 is 21.2 Å². The van der Waals surface area contributed by atoms with E-state index in [-0.39, 0.29) is 43.9 Å². The van der Waals surface area contributed by atoms with Gasteiger partial charge < -0.3 is 0 Å². The third kappa shape index (κ3) is 11.7. The van der Waals surface area contributed by atoms with Crippen LogP contribution in [0.15, 0.2) is 182 Å². The summed E-state index contributed by atoms with van der Waals surface area (Å²) in [5, 5.41) is -0.667. The fourth-order valence-corrected chi connectivity index (χ4v) is 26.4. The lowest BCUT2D eigenvalue weighted by Gasteiger charge is -2.43. The maximum atomic E-state index is 18.7. The van der Waals surface area contributed by atoms with Crippen molar-refractivity contribution in [3.63, 3.8) is 0 Å². The quantitative estimate of drug-likeness (QED) is 0.0588. The number of benzene rings is 8. The van der Waals surface area contributed by atoms with Crippen molar-refractivity contribution in [2.24, 2.45) is 0 Å². The Morgan fingerprint density at radius 2 is 0.782 bits per heavy atom. The first kappa shape index (κ1) is 56.1. The van der Waals surface area contributed by atoms with E-state index < -0.39 is 90.0 Å². The molecule has 0 N–H and O–H groups in total. The zero-order valence-corrected chi connectivity index (χ0v) is 47.0. The zero-order valence-electron chi connectivity index (χ0n) is 43.4. The first-order chi connectivity index (χ1) is 38.0. The molecular formula is C64H60F8N2P4. The van der Waals surface area contributed by atoms with Crippen molar-refractivity contribution in [1.82, 2.24) is 8.88 Å². The summed E-state index contributed by atoms with van der Waals surface area (Å²) in [6.45, 7) is 4.70. The topological polar surface area (TPSA) is 6.48 Å². The van der Waals surface area contributed by atoms with Gasteiger partial charge in [-0.15, -0.1) is 0 Å². The molecule has 8 aromatic carbocycles. The molecule has 0 aliphatic carbocycles. The molecule has 2 aliphatic rings. The second-order valence-corrected chi connectivity index (χ2v) is 29.6. The molecule has 78 heavy (non-hydrogen) atoms. The van der Waals surface area contributed by atoms with E-state index in [0.717, 1.165) is 103 Å². The van der Waals surface area contributed by atoms with Crippen LogP contribution in [0.3, 0.4) is 0 Å². The van der Waals surface area contributed by atoms with E-state index in [4.69, 9.17) is 0 Å². The third-order valence-corrected chi connectivity index (χ3v) is 28.0. The van der Waals surface area contributed by atoms with Gasteiger partial charge in [0.1, 0.15) is 46.5 Å². The Hall–Kier alpha value is -5.16. The second-order valence-electron chi connectivity index (χ2n) is 19.9. The van der Waals surface area contributed by atoms with Gasteiger partial charge in [0.2, 0.25) is 0 Å². The van der Waals surface area contributed by atoms with Crippen molar-refractivity contribution in [3.8, 4) is 11.1 Å². The third-order valence-electron chi connectivity index (χ3n) is 14.9. The Kier molecular flexibility index (Phi) is 18.4. The largest absolute Gasteiger partial charge is 0.251 e. The van der Waals surface area contributed by atoms with Crippen LogP contribution in [0.5, 0.6) is 0 Å². The van der Waals surface area contributed by atoms with Crippen LogP contribution in [0.25, 0.3) is 11.1 Å². The zero-order chi connectivity index (χ0) is 54.5. The minimum absolute atomic E-state index is 0.00359. The molecule has 14 heteroatoms. The minimum atomic E-state index is -2.51. The van der Waals surface area contributed by atoms with Crippen LogP contribution in [0, 0.1) is 46.5 Å². The fraction of sp³-hybridized carbons (Fsp3) is 0.250. The van der Waals surface area contributed by atoms with Crippen molar-refractivity contribution < 1.29 is 35.1 Å². The smallest absolute Gasteiger partial charge is 0.143 e. The molecule has 0 spiro atoms. The van der Waals surface area contributed by atoms with Crippen LogP contribution in [0.4, 0.5) is 35.1 Å². The molecule has 2 saturated heterocycles. The highest BCUT2D eigenvalue weighted by Crippen LogP contribution is 2.78. The van der Waals surface area contributed by atoms with Gasteiger partial charge >= 0.3 is 0 Å². The Labute approximate surface area is 458 Å². The normalized spacial score (nSPS) is 18.8. The van der Waals surface area contributed by atoms with Crippen LogP contribution in [0.2, 0.25) is 0 Å². The van der Waals surface area contributed by atoms with Crippen LogP contribution >= 0.6 is 32.3 Å². The van der Waals surface area contributed by atoms with Gasteiger partial charge in [0.05, 0.1) is 5.56 Å². The molecule has 0 amide bonds. The highest BCUT2D eigenvalue weighted by Gasteiger charge is 2.48. The van der Waals surface area contributed by atoms with Gasteiger partial charge in [-0.2, -0.15) is 0 Å². The molecule has 0 saturated carbocycles. The SMILES string of the molecule is CCCCN(P(c1cc(F)ccc1F)c1cc(F)cc(-c2c(F)ccc(P(c3ccc(F)cc3F)N(CCCC)P3[C@H](c4ccccc4)CC[C@H]3c3ccccc3)c2F)c1F)P1[C@H](c2ccccc2)CC[C@H]1c1ccccc1. The molecule has 402 valence electrons. The number of rotatable bonds is 19. The summed E-state index contributed by atoms with van der Waals surface area (Å²) in [4.78, 5) is 0. The molecule has 10 rings (SSSR count). The Morgan fingerprint density at radius 1 is 0.385 bits per heavy atom. The summed E-state index contributed by atoms with van der Waals surface area (Å²) < 4.78 is 140. The average Bonchev–Trinajstić information content (AvgIpc) is 4.27. The number of hydrogen-bond donors (Lipinski definition) is 0. The molecule has 6 atom stereocenters. The van der Waals surface area contributed by atoms with E-state index in [0.29, 0.717) is 32.4 Å². The number of nitrogens with zero attached hydrogens (tertiary/aromatic N) is 2. The average molecular weight is 1130 g/mol. The molecule has 0 bridgehead atoms. The maximum Gasteiger partial charge on any atom is 0.143 e. The van der Waals surface area contributed by atoms with Crippen molar-refractivity contribution in [1.29, 1.82) is 0 Å². The monoisotopic (exact) mass is 1130 g/mol. The molecular weight excluding hydrogens is 1070 g/mol. The molecule has 2 fully saturated rings. The van der Waals surface area contributed by atoms with Crippen molar-refractivity contribution in [2.45, 2.75) is 87.9 Å². The van der Waals surface area contributed by atoms with E-state index in [2.05, 4.69) is 33.1 Å². The van der Waals surface area contributed by atoms with Gasteiger partial charge in [0.25, 0.3) is 0 Å². The van der Waals surface area contributed by atoms with E-state index in [9.17, 15) is 0 Å². The van der Waals surface area contributed by atoms with Gasteiger partial charge in [0.15, 0.2) is 0 Å². The van der Waals surface area contributed by atoms with Gasteiger partial charge in [-0.1, -0.05) is 148 Å². The first-order valence-corrected chi connectivity index (χ1v) is 32.2. The van der Waals surface area contributed by atoms with Gasteiger partial charge in [-0.05, 0) is 132 Å². The highest BCUT2D eigenvalue weighted by molar-refractivity contribution is 7.80. The Balaban J connectivity index is 1.19. The number of halogens is 8. The van der Waals surface area contributed by atoms with E-state index in [1.165, 1.54) is 12.1 Å². The molecule has 2 aliphatic heterocycles. The molecule has 0 radical (unpaired) electrons. The summed E-state index contributed by atoms with van der Waals surface area (Å²) in [7, 11) is -7.65. The standard InChI is InChI=1S/C64H60F8N2P4/c1-3-5-37-73(75-54(43-19-11-7-12-20-43)33-34-55(75)44-21-13-8-14-22-44)77(58-31-28-47(65)40-53(58)70)59-32-30-52(69)62(64(59)72)50-39-49(67)42-61(63(50)71)78(60-41-48(66)27-29-51(60)68)74(38-6-4-2)76-56(45-23-15-9-16-24-45)35-36-57(76)46-25-17-10-18-26-46/h7-32,39-42,54-57H,3-6,33-38H2,1-2H3/t54-,55-,56-,57-,77?,78?/m0/s1. The molecule has 8 aromatic rings. The lowest BCUT2D eigenvalue weighted by atomic mass is 10.0. The Bertz CT molecular complexity index is 3210. The first-order valence-electron chi connectivity index (χ1n) is 26.8. The van der Waals surface area contributed by atoms with E-state index in [1.807, 2.05) is 111 Å². The van der Waals surface area contributed by atoms with Crippen molar-refractivity contribution >= 4 is 53.5 Å². The lowest BCUT2D eigenvalue weighted by molar-refractivity contribution is 0.580. The fourth-order valence-electron chi connectivity index (χ4n) is 11.4. The van der Waals surface area contributed by atoms with Crippen molar-refractivity contribution in [2.75, 3.05) is 13.1 Å². The summed E-state index contributed by atoms with van der Waals surface area (Å²) in [6.07, 6.45) is 5.61. The van der Waals surface area contributed by atoms with Crippen LogP contribution in [-0.4, -0.2) is 22.0 Å². The van der Waals surface area contributed by atoms with Gasteiger partial charge in [0, 0.05) is 84.7 Å². The van der Waals surface area contributed by atoms with Gasteiger partial charge in [-0.3, -0.25) is 8.88 Å². The number of unbranched alkanes of at least 4 members (excludes halogenated alkanes) is 2. The molecule has 2 nitrogen and oxygen atoms in total. The minimum Gasteiger partial charge on any atom is -0.251 e. The van der Waals surface area contributed by atoms with Crippen molar-refractivity contribution in [3.05, 3.63) is 251 Å². The lowest BCUT2D eigenvalue weighted by Crippen LogP contribution is -2.32. The van der Waals surface area contributed by atoms with Crippen LogP contribution in [0.1, 0.15) is 110 Å².